The highest BCUT2D eigenvalue weighted by molar-refractivity contribution is 5.95. The molecule has 0 amide bonds. The van der Waals surface area contributed by atoms with Crippen molar-refractivity contribution in [3.05, 3.63) is 41.5 Å². The van der Waals surface area contributed by atoms with Crippen LogP contribution in [0.1, 0.15) is 75.3 Å². The third-order valence-corrected chi connectivity index (χ3v) is 4.58. The Hall–Kier alpha value is -2.63. The van der Waals surface area contributed by atoms with Crippen molar-refractivity contribution >= 4 is 23.6 Å². The maximum atomic E-state index is 8.07. The molecule has 1 rings (SSSR count). The van der Waals surface area contributed by atoms with Crippen molar-refractivity contribution < 1.29 is 0 Å². The molecule has 0 bridgehead atoms. The average Bonchev–Trinajstić information content (AvgIpc) is 2.66. The summed E-state index contributed by atoms with van der Waals surface area (Å²) < 4.78 is 0. The largest absolute Gasteiger partial charge is 0.384 e. The van der Waals surface area contributed by atoms with E-state index >= 15 is 0 Å². The number of benzene rings is 1. The quantitative estimate of drug-likeness (QED) is 0.176. The van der Waals surface area contributed by atoms with Gasteiger partial charge in [0.2, 0.25) is 0 Å². The minimum absolute atomic E-state index is 0.0897. The Labute approximate surface area is 169 Å². The molecule has 154 valence electrons. The first-order valence-electron chi connectivity index (χ1n) is 10.2. The number of amidine groups is 1. The molecule has 0 aliphatic heterocycles. The molecule has 0 saturated heterocycles. The standard InChI is InChI=1S/C22H36N6/c23-20(11-6-4-2-1-3-5-9-17-28-22(26)27)12-8-7-10-18-13-15-19(16-14-18)21(24)25/h7,10,13-16,23H,1-6,8-9,11-12,17H2,(H3,24,25)(H4,26,27,28)/b10-7+,23-20?. The molecule has 0 aliphatic rings. The molecule has 28 heavy (non-hydrogen) atoms. The van der Waals surface area contributed by atoms with Crippen LogP contribution in [0, 0.1) is 10.8 Å². The zero-order valence-electron chi connectivity index (χ0n) is 16.9. The highest BCUT2D eigenvalue weighted by Crippen LogP contribution is 2.11. The minimum Gasteiger partial charge on any atom is -0.384 e. The number of guanidine groups is 1. The minimum atomic E-state index is 0.0897. The van der Waals surface area contributed by atoms with Crippen LogP contribution in [0.25, 0.3) is 6.08 Å². The summed E-state index contributed by atoms with van der Waals surface area (Å²) >= 11 is 0. The Kier molecular flexibility index (Phi) is 12.1. The van der Waals surface area contributed by atoms with Crippen LogP contribution >= 0.6 is 0 Å². The van der Waals surface area contributed by atoms with E-state index in [1.807, 2.05) is 24.3 Å². The molecule has 0 spiro atoms. The van der Waals surface area contributed by atoms with Crippen LogP contribution in [-0.4, -0.2) is 24.1 Å². The van der Waals surface area contributed by atoms with Crippen LogP contribution in [0.2, 0.25) is 0 Å². The summed E-state index contributed by atoms with van der Waals surface area (Å²) in [5.74, 6) is 0.271. The lowest BCUT2D eigenvalue weighted by atomic mass is 10.0. The van der Waals surface area contributed by atoms with E-state index in [0.29, 0.717) is 0 Å². The number of hydrogen-bond donors (Lipinski definition) is 5. The molecular weight excluding hydrogens is 348 g/mol. The summed E-state index contributed by atoms with van der Waals surface area (Å²) in [7, 11) is 0. The summed E-state index contributed by atoms with van der Waals surface area (Å²) in [6.07, 6.45) is 15.1. The fourth-order valence-corrected chi connectivity index (χ4v) is 2.92. The smallest absolute Gasteiger partial charge is 0.185 e. The van der Waals surface area contributed by atoms with Crippen LogP contribution in [0.3, 0.4) is 0 Å². The van der Waals surface area contributed by atoms with E-state index in [9.17, 15) is 0 Å². The number of nitrogens with two attached hydrogens (primary N) is 3. The SMILES string of the molecule is N=C(CC/C=C/c1ccc(C(=N)N)cc1)CCCCCCCCCN=C(N)N. The van der Waals surface area contributed by atoms with Gasteiger partial charge in [-0.2, -0.15) is 0 Å². The van der Waals surface area contributed by atoms with Crippen LogP contribution in [-0.2, 0) is 0 Å². The maximum absolute atomic E-state index is 8.07. The first-order valence-corrected chi connectivity index (χ1v) is 10.2. The molecule has 0 aromatic heterocycles. The molecule has 0 heterocycles. The molecule has 0 unspecified atom stereocenters. The summed E-state index contributed by atoms with van der Waals surface area (Å²) in [5.41, 5.74) is 18.7. The van der Waals surface area contributed by atoms with E-state index in [4.69, 9.17) is 28.0 Å². The van der Waals surface area contributed by atoms with Gasteiger partial charge in [-0.25, -0.2) is 0 Å². The van der Waals surface area contributed by atoms with E-state index < -0.39 is 0 Å². The molecule has 1 aromatic carbocycles. The monoisotopic (exact) mass is 384 g/mol. The van der Waals surface area contributed by atoms with E-state index in [2.05, 4.69) is 17.1 Å². The number of rotatable bonds is 15. The topological polar surface area (TPSA) is 138 Å². The molecule has 0 fully saturated rings. The van der Waals surface area contributed by atoms with E-state index in [-0.39, 0.29) is 11.8 Å². The number of allylic oxidation sites excluding steroid dienone is 1. The van der Waals surface area contributed by atoms with Gasteiger partial charge in [0.15, 0.2) is 5.96 Å². The van der Waals surface area contributed by atoms with Gasteiger partial charge in [0.05, 0.1) is 0 Å². The maximum Gasteiger partial charge on any atom is 0.185 e. The molecule has 0 radical (unpaired) electrons. The van der Waals surface area contributed by atoms with Crippen LogP contribution in [0.4, 0.5) is 0 Å². The normalized spacial score (nSPS) is 10.9. The number of nitrogen functional groups attached to an aromatic ring is 1. The molecule has 6 heteroatoms. The van der Waals surface area contributed by atoms with Gasteiger partial charge >= 0.3 is 0 Å². The Bertz CT molecular complexity index is 641. The van der Waals surface area contributed by atoms with Crippen LogP contribution < -0.4 is 17.2 Å². The number of hydrogen-bond acceptors (Lipinski definition) is 3. The summed E-state index contributed by atoms with van der Waals surface area (Å²) in [4.78, 5) is 3.98. The fourth-order valence-electron chi connectivity index (χ4n) is 2.92. The first-order chi connectivity index (χ1) is 13.5. The van der Waals surface area contributed by atoms with Crippen LogP contribution in [0.15, 0.2) is 35.3 Å². The van der Waals surface area contributed by atoms with Crippen molar-refractivity contribution in [3.8, 4) is 0 Å². The van der Waals surface area contributed by atoms with Crippen molar-refractivity contribution in [3.63, 3.8) is 0 Å². The Morgan fingerprint density at radius 1 is 0.821 bits per heavy atom. The fraction of sp³-hybridized carbons (Fsp3) is 0.500. The van der Waals surface area contributed by atoms with Gasteiger partial charge < -0.3 is 22.6 Å². The highest BCUT2D eigenvalue weighted by Gasteiger charge is 1.98. The third-order valence-electron chi connectivity index (χ3n) is 4.58. The summed E-state index contributed by atoms with van der Waals surface area (Å²) in [6, 6.07) is 7.63. The number of aliphatic imine (C=N–C) groups is 1. The van der Waals surface area contributed by atoms with E-state index in [1.54, 1.807) is 0 Å². The van der Waals surface area contributed by atoms with Gasteiger partial charge in [-0.1, -0.05) is 68.5 Å². The third kappa shape index (κ3) is 11.9. The number of nitrogens with one attached hydrogen (secondary N) is 2. The number of unbranched alkanes of at least 4 members (excludes halogenated alkanes) is 6. The summed E-state index contributed by atoms with van der Waals surface area (Å²) in [6.45, 7) is 0.734. The average molecular weight is 385 g/mol. The lowest BCUT2D eigenvalue weighted by Gasteiger charge is -2.03. The van der Waals surface area contributed by atoms with Gasteiger partial charge in [0, 0.05) is 17.8 Å². The molecule has 0 atom stereocenters. The predicted octanol–water partition coefficient (Wildman–Crippen LogP) is 4.18. The van der Waals surface area contributed by atoms with Gasteiger partial charge in [0.25, 0.3) is 0 Å². The highest BCUT2D eigenvalue weighted by atomic mass is 15.0. The van der Waals surface area contributed by atoms with Crippen molar-refractivity contribution in [1.82, 2.24) is 0 Å². The second kappa shape index (κ2) is 14.4. The molecule has 0 saturated carbocycles. The van der Waals surface area contributed by atoms with E-state index in [0.717, 1.165) is 55.5 Å². The molecule has 1 aromatic rings. The Morgan fingerprint density at radius 3 is 2.04 bits per heavy atom. The first kappa shape index (κ1) is 23.4. The Balaban J connectivity index is 2.00. The molecule has 8 N–H and O–H groups in total. The second-order valence-electron chi connectivity index (χ2n) is 7.11. The molecular formula is C22H36N6. The molecule has 6 nitrogen and oxygen atoms in total. The van der Waals surface area contributed by atoms with Crippen LogP contribution in [0.5, 0.6) is 0 Å². The number of nitrogens with zero attached hydrogens (tertiary/aromatic N) is 1. The lowest BCUT2D eigenvalue weighted by molar-refractivity contribution is 0.586. The summed E-state index contributed by atoms with van der Waals surface area (Å²) in [5, 5.41) is 15.5. The van der Waals surface area contributed by atoms with Crippen molar-refractivity contribution in [2.24, 2.45) is 22.2 Å². The van der Waals surface area contributed by atoms with Gasteiger partial charge in [-0.05, 0) is 37.7 Å². The van der Waals surface area contributed by atoms with Crippen molar-refractivity contribution in [2.45, 2.75) is 64.2 Å². The van der Waals surface area contributed by atoms with Gasteiger partial charge in [-0.3, -0.25) is 10.4 Å². The lowest BCUT2D eigenvalue weighted by Crippen LogP contribution is -2.22. The van der Waals surface area contributed by atoms with E-state index in [1.165, 1.54) is 32.1 Å². The Morgan fingerprint density at radius 2 is 1.43 bits per heavy atom. The van der Waals surface area contributed by atoms with Gasteiger partial charge in [-0.15, -0.1) is 0 Å². The predicted molar refractivity (Wildman–Crippen MR) is 121 cm³/mol. The van der Waals surface area contributed by atoms with Crippen molar-refractivity contribution in [2.75, 3.05) is 6.54 Å². The zero-order chi connectivity index (χ0) is 20.6. The zero-order valence-corrected chi connectivity index (χ0v) is 16.9. The second-order valence-corrected chi connectivity index (χ2v) is 7.11. The van der Waals surface area contributed by atoms with Crippen molar-refractivity contribution in [1.29, 1.82) is 10.8 Å². The molecule has 0 aliphatic carbocycles. The van der Waals surface area contributed by atoms with Gasteiger partial charge in [0.1, 0.15) is 5.84 Å².